The summed E-state index contributed by atoms with van der Waals surface area (Å²) in [5.74, 6) is 0.713. The van der Waals surface area contributed by atoms with Crippen molar-refractivity contribution in [3.05, 3.63) is 46.7 Å². The van der Waals surface area contributed by atoms with Crippen molar-refractivity contribution in [3.63, 3.8) is 0 Å². The van der Waals surface area contributed by atoms with Crippen LogP contribution in [0.1, 0.15) is 5.69 Å². The monoisotopic (exact) mass is 263 g/mol. The first-order valence-electron chi connectivity index (χ1n) is 4.57. The van der Waals surface area contributed by atoms with Crippen molar-refractivity contribution in [1.29, 1.82) is 0 Å². The Morgan fingerprint density at radius 2 is 1.87 bits per heavy atom. The molecule has 2 aromatic rings. The van der Waals surface area contributed by atoms with Crippen molar-refractivity contribution in [2.45, 2.75) is 6.54 Å². The summed E-state index contributed by atoms with van der Waals surface area (Å²) in [6, 6.07) is 9.70. The van der Waals surface area contributed by atoms with E-state index in [0.717, 1.165) is 15.7 Å². The molecule has 0 aliphatic heterocycles. The smallest absolute Gasteiger partial charge is 0.159 e. The van der Waals surface area contributed by atoms with E-state index in [9.17, 15) is 0 Å². The Morgan fingerprint density at radius 1 is 1.13 bits per heavy atom. The number of aromatic nitrogens is 2. The van der Waals surface area contributed by atoms with Gasteiger partial charge in [0.1, 0.15) is 0 Å². The third-order valence-corrected chi connectivity index (χ3v) is 2.55. The fourth-order valence-electron chi connectivity index (χ4n) is 1.25. The van der Waals surface area contributed by atoms with Crippen LogP contribution in [0.15, 0.2) is 41.0 Å². The Balaban J connectivity index is 2.40. The van der Waals surface area contributed by atoms with E-state index in [0.29, 0.717) is 12.4 Å². The third-order valence-electron chi connectivity index (χ3n) is 2.02. The maximum absolute atomic E-state index is 5.52. The SMILES string of the molecule is NCc1ccnc(-c2ccc(Br)cc2)n1. The van der Waals surface area contributed by atoms with E-state index in [2.05, 4.69) is 25.9 Å². The van der Waals surface area contributed by atoms with E-state index in [1.165, 1.54) is 0 Å². The molecular formula is C11H10BrN3. The lowest BCUT2D eigenvalue weighted by atomic mass is 10.2. The first kappa shape index (κ1) is 10.3. The second-order valence-corrected chi connectivity index (χ2v) is 4.00. The minimum Gasteiger partial charge on any atom is -0.325 e. The second-order valence-electron chi connectivity index (χ2n) is 3.08. The molecule has 0 fully saturated rings. The van der Waals surface area contributed by atoms with E-state index in [1.807, 2.05) is 30.3 Å². The van der Waals surface area contributed by atoms with Crippen LogP contribution in [0.5, 0.6) is 0 Å². The number of hydrogen-bond donors (Lipinski definition) is 1. The molecule has 3 nitrogen and oxygen atoms in total. The fourth-order valence-corrected chi connectivity index (χ4v) is 1.51. The summed E-state index contributed by atoms with van der Waals surface area (Å²) in [6.07, 6.45) is 1.73. The predicted molar refractivity (Wildman–Crippen MR) is 63.1 cm³/mol. The Kier molecular flexibility index (Phi) is 3.08. The molecule has 0 saturated heterocycles. The van der Waals surface area contributed by atoms with E-state index in [-0.39, 0.29) is 0 Å². The standard InChI is InChI=1S/C11H10BrN3/c12-9-3-1-8(2-4-9)11-14-6-5-10(7-13)15-11/h1-6H,7,13H2. The predicted octanol–water partition coefficient (Wildman–Crippen LogP) is 2.36. The summed E-state index contributed by atoms with van der Waals surface area (Å²) in [7, 11) is 0. The van der Waals surface area contributed by atoms with Gasteiger partial charge in [0.15, 0.2) is 5.82 Å². The number of hydrogen-bond acceptors (Lipinski definition) is 3. The molecule has 0 bridgehead atoms. The number of nitrogens with two attached hydrogens (primary N) is 1. The van der Waals surface area contributed by atoms with Crippen LogP contribution in [0.2, 0.25) is 0 Å². The van der Waals surface area contributed by atoms with E-state index in [4.69, 9.17) is 5.73 Å². The van der Waals surface area contributed by atoms with Crippen LogP contribution >= 0.6 is 15.9 Å². The fraction of sp³-hybridized carbons (Fsp3) is 0.0909. The molecule has 1 aromatic heterocycles. The summed E-state index contributed by atoms with van der Waals surface area (Å²) >= 11 is 3.39. The molecule has 2 rings (SSSR count). The Morgan fingerprint density at radius 3 is 2.53 bits per heavy atom. The van der Waals surface area contributed by atoms with Crippen LogP contribution < -0.4 is 5.73 Å². The molecule has 0 unspecified atom stereocenters. The molecule has 0 atom stereocenters. The molecule has 0 spiro atoms. The lowest BCUT2D eigenvalue weighted by Crippen LogP contribution is -2.01. The van der Waals surface area contributed by atoms with Gasteiger partial charge in [0.05, 0.1) is 5.69 Å². The lowest BCUT2D eigenvalue weighted by Gasteiger charge is -2.01. The average Bonchev–Trinajstić information content (AvgIpc) is 2.30. The molecule has 0 aliphatic carbocycles. The zero-order chi connectivity index (χ0) is 10.7. The van der Waals surface area contributed by atoms with Gasteiger partial charge in [-0.1, -0.05) is 28.1 Å². The van der Waals surface area contributed by atoms with Gasteiger partial charge < -0.3 is 5.73 Å². The van der Waals surface area contributed by atoms with Crippen molar-refractivity contribution in [2.24, 2.45) is 5.73 Å². The van der Waals surface area contributed by atoms with Crippen LogP contribution in [0.4, 0.5) is 0 Å². The highest BCUT2D eigenvalue weighted by molar-refractivity contribution is 9.10. The zero-order valence-corrected chi connectivity index (χ0v) is 9.61. The summed E-state index contributed by atoms with van der Waals surface area (Å²) in [5, 5.41) is 0. The highest BCUT2D eigenvalue weighted by atomic mass is 79.9. The van der Waals surface area contributed by atoms with Crippen molar-refractivity contribution in [1.82, 2.24) is 9.97 Å². The van der Waals surface area contributed by atoms with E-state index < -0.39 is 0 Å². The van der Waals surface area contributed by atoms with Gasteiger partial charge >= 0.3 is 0 Å². The minimum absolute atomic E-state index is 0.437. The van der Waals surface area contributed by atoms with Gasteiger partial charge in [0.25, 0.3) is 0 Å². The van der Waals surface area contributed by atoms with Gasteiger partial charge in [0, 0.05) is 22.8 Å². The molecule has 0 radical (unpaired) electrons. The van der Waals surface area contributed by atoms with Crippen LogP contribution in [0.25, 0.3) is 11.4 Å². The van der Waals surface area contributed by atoms with Gasteiger partial charge in [-0.05, 0) is 18.2 Å². The normalized spacial score (nSPS) is 10.3. The number of benzene rings is 1. The highest BCUT2D eigenvalue weighted by Crippen LogP contribution is 2.18. The van der Waals surface area contributed by atoms with Gasteiger partial charge in [-0.25, -0.2) is 9.97 Å². The average molecular weight is 264 g/mol. The van der Waals surface area contributed by atoms with Gasteiger partial charge in [-0.15, -0.1) is 0 Å². The van der Waals surface area contributed by atoms with Crippen molar-refractivity contribution >= 4 is 15.9 Å². The molecular weight excluding hydrogens is 254 g/mol. The van der Waals surface area contributed by atoms with Crippen LogP contribution in [-0.2, 0) is 6.54 Å². The maximum Gasteiger partial charge on any atom is 0.159 e. The van der Waals surface area contributed by atoms with Crippen LogP contribution in [0.3, 0.4) is 0 Å². The molecule has 0 saturated carbocycles. The first-order valence-corrected chi connectivity index (χ1v) is 5.37. The van der Waals surface area contributed by atoms with Crippen LogP contribution in [-0.4, -0.2) is 9.97 Å². The lowest BCUT2D eigenvalue weighted by molar-refractivity contribution is 0.969. The van der Waals surface area contributed by atoms with Crippen molar-refractivity contribution in [3.8, 4) is 11.4 Å². The van der Waals surface area contributed by atoms with Gasteiger partial charge in [0.2, 0.25) is 0 Å². The first-order chi connectivity index (χ1) is 7.29. The van der Waals surface area contributed by atoms with E-state index in [1.54, 1.807) is 6.20 Å². The maximum atomic E-state index is 5.52. The molecule has 4 heteroatoms. The number of nitrogens with zero attached hydrogens (tertiary/aromatic N) is 2. The molecule has 0 amide bonds. The van der Waals surface area contributed by atoms with Gasteiger partial charge in [-0.3, -0.25) is 0 Å². The summed E-state index contributed by atoms with van der Waals surface area (Å²) < 4.78 is 1.04. The largest absolute Gasteiger partial charge is 0.325 e. The highest BCUT2D eigenvalue weighted by Gasteiger charge is 2.01. The third kappa shape index (κ3) is 2.40. The number of rotatable bonds is 2. The molecule has 76 valence electrons. The quantitative estimate of drug-likeness (QED) is 0.905. The van der Waals surface area contributed by atoms with Crippen molar-refractivity contribution in [2.75, 3.05) is 0 Å². The molecule has 0 aliphatic rings. The van der Waals surface area contributed by atoms with E-state index >= 15 is 0 Å². The number of halogens is 1. The Hall–Kier alpha value is -1.26. The zero-order valence-electron chi connectivity index (χ0n) is 8.02. The topological polar surface area (TPSA) is 51.8 Å². The summed E-state index contributed by atoms with van der Waals surface area (Å²) in [5.41, 5.74) is 7.37. The molecule has 15 heavy (non-hydrogen) atoms. The molecule has 2 N–H and O–H groups in total. The molecule has 1 aromatic carbocycles. The second kappa shape index (κ2) is 4.51. The van der Waals surface area contributed by atoms with Crippen LogP contribution in [0, 0.1) is 0 Å². The summed E-state index contributed by atoms with van der Waals surface area (Å²) in [6.45, 7) is 0.437. The van der Waals surface area contributed by atoms with Gasteiger partial charge in [-0.2, -0.15) is 0 Å². The van der Waals surface area contributed by atoms with Crippen molar-refractivity contribution < 1.29 is 0 Å². The minimum atomic E-state index is 0.437. The Bertz CT molecular complexity index is 454. The molecule has 1 heterocycles. The summed E-state index contributed by atoms with van der Waals surface area (Å²) in [4.78, 5) is 8.55. The Labute approximate surface area is 96.5 Å².